The highest BCUT2D eigenvalue weighted by Crippen LogP contribution is 2.34. The molecule has 0 aliphatic rings. The van der Waals surface area contributed by atoms with Gasteiger partial charge in [-0.25, -0.2) is 9.45 Å². The largest absolute Gasteiger partial charge is 0.508 e. The molecular weight excluding hydrogens is 392 g/mol. The number of phenols is 1. The fraction of sp³-hybridized carbons (Fsp3) is 0.350. The maximum Gasteiger partial charge on any atom is 0.250 e. The SMILES string of the molecule is CON(C)C(=O)Cc1cc(Cl)c(Cc2ccc(O)c(C(C)C)c2F)c(Cl)c1. The van der Waals surface area contributed by atoms with Crippen molar-refractivity contribution in [2.45, 2.75) is 32.6 Å². The molecule has 0 heterocycles. The summed E-state index contributed by atoms with van der Waals surface area (Å²) in [6.07, 6.45) is 0.255. The van der Waals surface area contributed by atoms with Crippen molar-refractivity contribution < 1.29 is 19.1 Å². The monoisotopic (exact) mass is 413 g/mol. The number of hydrogen-bond acceptors (Lipinski definition) is 3. The molecule has 0 aliphatic carbocycles. The third kappa shape index (κ3) is 4.92. The van der Waals surface area contributed by atoms with Crippen LogP contribution in [0.2, 0.25) is 10.0 Å². The second kappa shape index (κ2) is 8.91. The van der Waals surface area contributed by atoms with E-state index in [-0.39, 0.29) is 36.0 Å². The molecule has 1 amide bonds. The van der Waals surface area contributed by atoms with Gasteiger partial charge in [-0.2, -0.15) is 0 Å². The van der Waals surface area contributed by atoms with Gasteiger partial charge in [-0.1, -0.05) is 43.1 Å². The van der Waals surface area contributed by atoms with E-state index in [2.05, 4.69) is 0 Å². The molecule has 0 aliphatic heterocycles. The maximum absolute atomic E-state index is 14.8. The highest BCUT2D eigenvalue weighted by molar-refractivity contribution is 6.36. The van der Waals surface area contributed by atoms with Gasteiger partial charge >= 0.3 is 0 Å². The third-order valence-electron chi connectivity index (χ3n) is 4.36. The highest BCUT2D eigenvalue weighted by atomic mass is 35.5. The van der Waals surface area contributed by atoms with E-state index in [1.54, 1.807) is 12.1 Å². The molecule has 2 aromatic carbocycles. The zero-order valence-corrected chi connectivity index (χ0v) is 17.2. The number of phenolic OH excluding ortho intramolecular Hbond substituents is 1. The number of benzene rings is 2. The maximum atomic E-state index is 14.8. The van der Waals surface area contributed by atoms with E-state index in [4.69, 9.17) is 28.0 Å². The first-order chi connectivity index (χ1) is 12.6. The van der Waals surface area contributed by atoms with E-state index in [1.807, 2.05) is 13.8 Å². The first-order valence-electron chi connectivity index (χ1n) is 8.43. The van der Waals surface area contributed by atoms with Gasteiger partial charge in [0.05, 0.1) is 13.5 Å². The Morgan fingerprint density at radius 1 is 1.26 bits per heavy atom. The number of rotatable bonds is 6. The number of carbonyl (C=O) groups is 1. The molecule has 0 spiro atoms. The Morgan fingerprint density at radius 2 is 1.85 bits per heavy atom. The van der Waals surface area contributed by atoms with Crippen LogP contribution in [0.25, 0.3) is 0 Å². The zero-order chi connectivity index (χ0) is 20.3. The number of carbonyl (C=O) groups excluding carboxylic acids is 1. The first kappa shape index (κ1) is 21.5. The number of likely N-dealkylation sites (N-methyl/N-ethyl adjacent to an activating group) is 1. The molecule has 0 saturated carbocycles. The summed E-state index contributed by atoms with van der Waals surface area (Å²) in [5, 5.41) is 11.7. The van der Waals surface area contributed by atoms with Crippen LogP contribution in [0, 0.1) is 5.82 Å². The van der Waals surface area contributed by atoms with Gasteiger partial charge in [0.25, 0.3) is 0 Å². The molecule has 0 atom stereocenters. The average molecular weight is 414 g/mol. The molecule has 7 heteroatoms. The summed E-state index contributed by atoms with van der Waals surface area (Å²) in [5.41, 5.74) is 1.86. The summed E-state index contributed by atoms with van der Waals surface area (Å²) >= 11 is 12.7. The van der Waals surface area contributed by atoms with Crippen molar-refractivity contribution in [1.29, 1.82) is 0 Å². The second-order valence-electron chi connectivity index (χ2n) is 6.59. The van der Waals surface area contributed by atoms with Crippen LogP contribution in [0.5, 0.6) is 5.75 Å². The van der Waals surface area contributed by atoms with E-state index in [9.17, 15) is 14.3 Å². The molecule has 0 fully saturated rings. The summed E-state index contributed by atoms with van der Waals surface area (Å²) in [7, 11) is 2.92. The van der Waals surface area contributed by atoms with Crippen LogP contribution in [0.4, 0.5) is 4.39 Å². The van der Waals surface area contributed by atoms with E-state index in [0.29, 0.717) is 26.7 Å². The van der Waals surface area contributed by atoms with Gasteiger partial charge in [0.2, 0.25) is 5.91 Å². The Bertz CT molecular complexity index is 832. The zero-order valence-electron chi connectivity index (χ0n) is 15.6. The van der Waals surface area contributed by atoms with E-state index >= 15 is 0 Å². The minimum Gasteiger partial charge on any atom is -0.508 e. The topological polar surface area (TPSA) is 49.8 Å². The number of amides is 1. The Hall–Kier alpha value is -1.82. The summed E-state index contributed by atoms with van der Waals surface area (Å²) in [6.45, 7) is 3.62. The van der Waals surface area contributed by atoms with Gasteiger partial charge in [-0.15, -0.1) is 0 Å². The van der Waals surface area contributed by atoms with Crippen LogP contribution in [0.3, 0.4) is 0 Å². The average Bonchev–Trinajstić information content (AvgIpc) is 2.58. The van der Waals surface area contributed by atoms with Crippen LogP contribution >= 0.6 is 23.2 Å². The molecule has 2 rings (SSSR count). The number of nitrogens with zero attached hydrogens (tertiary/aromatic N) is 1. The molecule has 146 valence electrons. The molecule has 0 aromatic heterocycles. The minimum atomic E-state index is -0.460. The molecular formula is C20H22Cl2FNO3. The van der Waals surface area contributed by atoms with Crippen molar-refractivity contribution >= 4 is 29.1 Å². The van der Waals surface area contributed by atoms with Crippen LogP contribution in [0.15, 0.2) is 24.3 Å². The fourth-order valence-corrected chi connectivity index (χ4v) is 3.48. The van der Waals surface area contributed by atoms with Gasteiger partial charge in [0.15, 0.2) is 0 Å². The van der Waals surface area contributed by atoms with Crippen molar-refractivity contribution in [2.75, 3.05) is 14.2 Å². The number of hydrogen-bond donors (Lipinski definition) is 1. The minimum absolute atomic E-state index is 0.0698. The molecule has 2 aromatic rings. The van der Waals surface area contributed by atoms with Gasteiger partial charge in [0, 0.05) is 29.1 Å². The van der Waals surface area contributed by atoms with Crippen molar-refractivity contribution in [3.05, 3.63) is 62.4 Å². The first-order valence-corrected chi connectivity index (χ1v) is 9.19. The van der Waals surface area contributed by atoms with Gasteiger partial charge in [0.1, 0.15) is 11.6 Å². The number of aromatic hydroxyl groups is 1. The Labute approximate surface area is 168 Å². The summed E-state index contributed by atoms with van der Waals surface area (Å²) in [4.78, 5) is 16.8. The Kier molecular flexibility index (Phi) is 7.09. The molecule has 0 bridgehead atoms. The van der Waals surface area contributed by atoms with Crippen LogP contribution < -0.4 is 0 Å². The molecule has 0 radical (unpaired) electrons. The van der Waals surface area contributed by atoms with Crippen molar-refractivity contribution in [3.8, 4) is 5.75 Å². The van der Waals surface area contributed by atoms with E-state index in [0.717, 1.165) is 5.06 Å². The predicted molar refractivity (Wildman–Crippen MR) is 105 cm³/mol. The molecule has 27 heavy (non-hydrogen) atoms. The van der Waals surface area contributed by atoms with Crippen LogP contribution in [0.1, 0.15) is 42.0 Å². The lowest BCUT2D eigenvalue weighted by Crippen LogP contribution is -2.26. The lowest BCUT2D eigenvalue weighted by atomic mass is 9.95. The summed E-state index contributed by atoms with van der Waals surface area (Å²) in [6, 6.07) is 6.29. The van der Waals surface area contributed by atoms with Crippen LogP contribution in [-0.2, 0) is 22.5 Å². The molecule has 0 saturated heterocycles. The van der Waals surface area contributed by atoms with Gasteiger partial charge in [-0.3, -0.25) is 9.63 Å². The quantitative estimate of drug-likeness (QED) is 0.668. The van der Waals surface area contributed by atoms with Crippen molar-refractivity contribution in [2.24, 2.45) is 0 Å². The lowest BCUT2D eigenvalue weighted by molar-refractivity contribution is -0.167. The van der Waals surface area contributed by atoms with Crippen molar-refractivity contribution in [1.82, 2.24) is 5.06 Å². The fourth-order valence-electron chi connectivity index (χ4n) is 2.82. The number of hydroxylamine groups is 2. The summed E-state index contributed by atoms with van der Waals surface area (Å²) < 4.78 is 14.8. The van der Waals surface area contributed by atoms with E-state index < -0.39 is 5.82 Å². The Morgan fingerprint density at radius 3 is 2.37 bits per heavy atom. The summed E-state index contributed by atoms with van der Waals surface area (Å²) in [5.74, 6) is -0.941. The number of halogens is 3. The van der Waals surface area contributed by atoms with Gasteiger partial charge < -0.3 is 5.11 Å². The van der Waals surface area contributed by atoms with Crippen LogP contribution in [-0.4, -0.2) is 30.2 Å². The predicted octanol–water partition coefficient (Wildman–Crippen LogP) is 5.11. The normalized spacial score (nSPS) is 11.1. The standard InChI is InChI=1S/C20H22Cl2FNO3/c1-11(2)19-17(25)6-5-13(20(19)23)10-14-15(21)7-12(8-16(14)22)9-18(26)24(3)27-4/h5-8,11,25H,9-10H2,1-4H3. The molecule has 4 nitrogen and oxygen atoms in total. The molecule has 1 N–H and O–H groups in total. The molecule has 0 unspecified atom stereocenters. The Balaban J connectivity index is 2.33. The third-order valence-corrected chi connectivity index (χ3v) is 5.04. The van der Waals surface area contributed by atoms with E-state index in [1.165, 1.54) is 26.3 Å². The lowest BCUT2D eigenvalue weighted by Gasteiger charge is -2.16. The highest BCUT2D eigenvalue weighted by Gasteiger charge is 2.19. The second-order valence-corrected chi connectivity index (χ2v) is 7.41. The van der Waals surface area contributed by atoms with Gasteiger partial charge in [-0.05, 0) is 40.8 Å². The smallest absolute Gasteiger partial charge is 0.250 e. The van der Waals surface area contributed by atoms with Crippen molar-refractivity contribution in [3.63, 3.8) is 0 Å².